The highest BCUT2D eigenvalue weighted by molar-refractivity contribution is 6.31. The first-order valence-corrected chi connectivity index (χ1v) is 6.58. The molecule has 0 fully saturated rings. The van der Waals surface area contributed by atoms with E-state index in [0.717, 1.165) is 10.6 Å². The van der Waals surface area contributed by atoms with Crippen LogP contribution in [0.15, 0.2) is 42.6 Å². The number of aromatic nitrogens is 1. The number of nitrogens with zero attached hydrogens (tertiary/aromatic N) is 1. The summed E-state index contributed by atoms with van der Waals surface area (Å²) in [7, 11) is 1.93. The van der Waals surface area contributed by atoms with Gasteiger partial charge < -0.3 is 4.98 Å². The number of benzene rings is 1. The van der Waals surface area contributed by atoms with Gasteiger partial charge in [-0.1, -0.05) is 29.8 Å². The van der Waals surface area contributed by atoms with Gasteiger partial charge in [0.1, 0.15) is 0 Å². The van der Waals surface area contributed by atoms with Gasteiger partial charge in [0.15, 0.2) is 5.78 Å². The first-order valence-electron chi connectivity index (χ1n) is 6.21. The number of ketones is 1. The van der Waals surface area contributed by atoms with Gasteiger partial charge in [0.2, 0.25) is 0 Å². The Bertz CT molecular complexity index is 551. The van der Waals surface area contributed by atoms with Crippen molar-refractivity contribution in [2.24, 2.45) is 0 Å². The molecule has 0 amide bonds. The van der Waals surface area contributed by atoms with Crippen molar-refractivity contribution in [3.63, 3.8) is 0 Å². The second kappa shape index (κ2) is 6.04. The Hall–Kier alpha value is -1.58. The number of halogens is 1. The number of hydrogen-bond acceptors (Lipinski definition) is 2. The maximum Gasteiger partial charge on any atom is 0.192 e. The Balaban J connectivity index is 2.06. The van der Waals surface area contributed by atoms with E-state index in [1.807, 2.05) is 49.2 Å². The van der Waals surface area contributed by atoms with Gasteiger partial charge in [-0.3, -0.25) is 9.69 Å². The summed E-state index contributed by atoms with van der Waals surface area (Å²) in [5.74, 6) is 0.0754. The van der Waals surface area contributed by atoms with Crippen LogP contribution in [0.3, 0.4) is 0 Å². The van der Waals surface area contributed by atoms with Crippen LogP contribution in [0.2, 0.25) is 5.02 Å². The van der Waals surface area contributed by atoms with Crippen LogP contribution in [0.4, 0.5) is 0 Å². The van der Waals surface area contributed by atoms with Crippen LogP contribution in [0.25, 0.3) is 0 Å². The molecule has 0 spiro atoms. The van der Waals surface area contributed by atoms with E-state index in [-0.39, 0.29) is 11.8 Å². The van der Waals surface area contributed by atoms with Gasteiger partial charge in [-0.05, 0) is 37.7 Å². The van der Waals surface area contributed by atoms with Crippen LogP contribution in [0.1, 0.15) is 29.0 Å². The number of hydrogen-bond donors (Lipinski definition) is 1. The zero-order valence-electron chi connectivity index (χ0n) is 11.1. The largest absolute Gasteiger partial charge is 0.359 e. The van der Waals surface area contributed by atoms with Gasteiger partial charge >= 0.3 is 0 Å². The Labute approximate surface area is 118 Å². The average molecular weight is 277 g/mol. The minimum atomic E-state index is 0.0754. The van der Waals surface area contributed by atoms with Crippen LogP contribution in [-0.2, 0) is 0 Å². The number of nitrogens with one attached hydrogen (secondary N) is 1. The summed E-state index contributed by atoms with van der Waals surface area (Å²) in [6, 6.07) is 11.4. The van der Waals surface area contributed by atoms with Gasteiger partial charge in [-0.2, -0.15) is 0 Å². The Morgan fingerprint density at radius 1 is 1.32 bits per heavy atom. The molecule has 1 aromatic carbocycles. The lowest BCUT2D eigenvalue weighted by molar-refractivity contribution is 0.0920. The number of carbonyl (C=O) groups is 1. The summed E-state index contributed by atoms with van der Waals surface area (Å²) in [6.45, 7) is 2.40. The van der Waals surface area contributed by atoms with Gasteiger partial charge in [0.25, 0.3) is 0 Å². The molecule has 2 rings (SSSR count). The zero-order chi connectivity index (χ0) is 13.8. The summed E-state index contributed by atoms with van der Waals surface area (Å²) in [6.07, 6.45) is 1.75. The predicted octanol–water partition coefficient (Wildman–Crippen LogP) is 3.54. The zero-order valence-corrected chi connectivity index (χ0v) is 11.8. The quantitative estimate of drug-likeness (QED) is 0.848. The highest BCUT2D eigenvalue weighted by Gasteiger charge is 2.17. The molecule has 0 bridgehead atoms. The fourth-order valence-electron chi connectivity index (χ4n) is 2.00. The van der Waals surface area contributed by atoms with E-state index in [2.05, 4.69) is 4.98 Å². The molecule has 0 saturated carbocycles. The molecule has 0 aliphatic heterocycles. The molecular formula is C15H17ClN2O. The lowest BCUT2D eigenvalue weighted by Gasteiger charge is -2.24. The first-order chi connectivity index (χ1) is 9.09. The Morgan fingerprint density at radius 2 is 2.05 bits per heavy atom. The lowest BCUT2D eigenvalue weighted by atomic mass is 10.1. The van der Waals surface area contributed by atoms with Crippen molar-refractivity contribution in [2.75, 3.05) is 13.6 Å². The molecule has 1 aromatic heterocycles. The summed E-state index contributed by atoms with van der Waals surface area (Å²) in [5, 5.41) is 0.731. The fourth-order valence-corrected chi connectivity index (χ4v) is 2.30. The van der Waals surface area contributed by atoms with Crippen LogP contribution >= 0.6 is 11.6 Å². The van der Waals surface area contributed by atoms with E-state index in [4.69, 9.17) is 11.6 Å². The number of Topliss-reactive ketones (excluding diaryl/α,β-unsaturated/α-hetero) is 1. The highest BCUT2D eigenvalue weighted by Crippen LogP contribution is 2.26. The molecule has 1 atom stereocenters. The van der Waals surface area contributed by atoms with Crippen molar-refractivity contribution in [1.82, 2.24) is 9.88 Å². The summed E-state index contributed by atoms with van der Waals surface area (Å²) in [4.78, 5) is 17.0. The van der Waals surface area contributed by atoms with E-state index in [9.17, 15) is 4.79 Å². The molecule has 2 aromatic rings. The van der Waals surface area contributed by atoms with Crippen molar-refractivity contribution in [2.45, 2.75) is 13.0 Å². The smallest absolute Gasteiger partial charge is 0.192 e. The topological polar surface area (TPSA) is 36.1 Å². The van der Waals surface area contributed by atoms with Gasteiger partial charge in [-0.15, -0.1) is 0 Å². The molecule has 1 heterocycles. The van der Waals surface area contributed by atoms with E-state index in [0.29, 0.717) is 12.2 Å². The number of rotatable bonds is 5. The molecule has 0 aliphatic rings. The third-order valence-electron chi connectivity index (χ3n) is 3.31. The molecule has 1 unspecified atom stereocenters. The molecule has 100 valence electrons. The number of likely N-dealkylation sites (N-methyl/N-ethyl adjacent to an activating group) is 1. The monoisotopic (exact) mass is 276 g/mol. The van der Waals surface area contributed by atoms with E-state index in [1.165, 1.54) is 0 Å². The molecule has 19 heavy (non-hydrogen) atoms. The summed E-state index contributed by atoms with van der Waals surface area (Å²) in [5.41, 5.74) is 1.67. The fraction of sp³-hybridized carbons (Fsp3) is 0.267. The standard InChI is InChI=1S/C15H17ClN2O/c1-11(12-6-3-4-7-13(12)16)18(2)10-15(19)14-8-5-9-17-14/h3-9,11,17H,10H2,1-2H3. The maximum atomic E-state index is 12.0. The minimum absolute atomic E-state index is 0.0754. The van der Waals surface area contributed by atoms with Crippen LogP contribution in [-0.4, -0.2) is 29.3 Å². The molecule has 3 nitrogen and oxygen atoms in total. The van der Waals surface area contributed by atoms with E-state index in [1.54, 1.807) is 12.3 Å². The highest BCUT2D eigenvalue weighted by atomic mass is 35.5. The molecule has 0 radical (unpaired) electrons. The number of carbonyl (C=O) groups excluding carboxylic acids is 1. The summed E-state index contributed by atoms with van der Waals surface area (Å²) >= 11 is 6.18. The number of aromatic amines is 1. The molecule has 0 saturated heterocycles. The second-order valence-electron chi connectivity index (χ2n) is 4.62. The Kier molecular flexibility index (Phi) is 4.40. The summed E-state index contributed by atoms with van der Waals surface area (Å²) < 4.78 is 0. The second-order valence-corrected chi connectivity index (χ2v) is 5.03. The molecule has 1 N–H and O–H groups in total. The maximum absolute atomic E-state index is 12.0. The number of H-pyrrole nitrogens is 1. The first kappa shape index (κ1) is 13.8. The lowest BCUT2D eigenvalue weighted by Crippen LogP contribution is -2.29. The van der Waals surface area contributed by atoms with Gasteiger partial charge in [0.05, 0.1) is 12.2 Å². The van der Waals surface area contributed by atoms with Crippen LogP contribution in [0.5, 0.6) is 0 Å². The minimum Gasteiger partial charge on any atom is -0.359 e. The third-order valence-corrected chi connectivity index (χ3v) is 3.65. The van der Waals surface area contributed by atoms with Crippen molar-refractivity contribution < 1.29 is 4.79 Å². The third kappa shape index (κ3) is 3.25. The van der Waals surface area contributed by atoms with Gasteiger partial charge in [0, 0.05) is 17.3 Å². The van der Waals surface area contributed by atoms with Crippen LogP contribution < -0.4 is 0 Å². The molecular weight excluding hydrogens is 260 g/mol. The van der Waals surface area contributed by atoms with E-state index < -0.39 is 0 Å². The van der Waals surface area contributed by atoms with Gasteiger partial charge in [-0.25, -0.2) is 0 Å². The Morgan fingerprint density at radius 3 is 2.68 bits per heavy atom. The predicted molar refractivity (Wildman–Crippen MR) is 77.6 cm³/mol. The van der Waals surface area contributed by atoms with Crippen LogP contribution in [0, 0.1) is 0 Å². The average Bonchev–Trinajstić information content (AvgIpc) is 2.92. The molecule has 4 heteroatoms. The van der Waals surface area contributed by atoms with Crippen molar-refractivity contribution >= 4 is 17.4 Å². The van der Waals surface area contributed by atoms with E-state index >= 15 is 0 Å². The SMILES string of the molecule is CC(c1ccccc1Cl)N(C)CC(=O)c1ccc[nH]1. The van der Waals surface area contributed by atoms with Crippen molar-refractivity contribution in [1.29, 1.82) is 0 Å². The molecule has 0 aliphatic carbocycles. The van der Waals surface area contributed by atoms with Crippen molar-refractivity contribution in [3.05, 3.63) is 58.9 Å². The van der Waals surface area contributed by atoms with Crippen molar-refractivity contribution in [3.8, 4) is 0 Å². The normalized spacial score (nSPS) is 12.6.